The molecule has 0 spiro atoms. The molecule has 2 nitrogen and oxygen atoms in total. The Morgan fingerprint density at radius 2 is 0.538 bits per heavy atom. The second-order valence-corrected chi connectivity index (χ2v) is 32.5. The fourth-order valence-electron chi connectivity index (χ4n) is 13.3. The van der Waals surface area contributed by atoms with Gasteiger partial charge in [0, 0.05) is 28.1 Å². The average molecular weight is 1240 g/mol. The zero-order valence-corrected chi connectivity index (χ0v) is 59.0. The summed E-state index contributed by atoms with van der Waals surface area (Å²) < 4.78 is 0. The number of anilines is 6. The minimum Gasteiger partial charge on any atom is -0.308 e. The Morgan fingerprint density at radius 1 is 0.226 bits per heavy atom. The third-order valence-electron chi connectivity index (χ3n) is 19.1. The first-order valence-electron chi connectivity index (χ1n) is 33.4. The van der Waals surface area contributed by atoms with Gasteiger partial charge < -0.3 is 9.80 Å². The summed E-state index contributed by atoms with van der Waals surface area (Å²) >= 11 is 8.64. The van der Waals surface area contributed by atoms with Crippen molar-refractivity contribution in [1.29, 1.82) is 0 Å². The lowest BCUT2D eigenvalue weighted by atomic mass is 9.80. The predicted molar refractivity (Wildman–Crippen MR) is 407 cm³/mol. The predicted octanol–water partition coefficient (Wildman–Crippen LogP) is 27.2. The average Bonchev–Trinajstić information content (AvgIpc) is 0.747. The molecule has 0 aliphatic rings. The second kappa shape index (κ2) is 24.0. The van der Waals surface area contributed by atoms with E-state index in [1.54, 1.807) is 0 Å². The SMILES string of the molecule is CC(C)(C)c1ccc(-c2ccc(N(c3ccc(C(C)(C)C)cc3-c3ccc4c5ccccc5c5ccccc5c4c3)c3cccc(N(c4ccc(C(C)(C)C)cc4)c4c(-c5ccc(C(C)(C)C)cc5)cc(C(C)(C)C)cc4-c4ccc(C(C)(C)C)cc4)c3Cl)cc2)cc1. The van der Waals surface area contributed by atoms with Crippen LogP contribution in [0.15, 0.2) is 237 Å². The molecule has 0 unspecified atom stereocenters. The van der Waals surface area contributed by atoms with Gasteiger partial charge in [0.2, 0.25) is 0 Å². The van der Waals surface area contributed by atoms with E-state index in [1.165, 1.54) is 71.3 Å². The summed E-state index contributed by atoms with van der Waals surface area (Å²) in [6.45, 7) is 41.4. The summed E-state index contributed by atoms with van der Waals surface area (Å²) in [5.41, 5.74) is 22.0. The minimum atomic E-state index is -0.187. The third kappa shape index (κ3) is 12.8. The molecule has 470 valence electrons. The number of hydrogen-bond donors (Lipinski definition) is 0. The molecule has 0 heterocycles. The van der Waals surface area contributed by atoms with Gasteiger partial charge in [0.15, 0.2) is 0 Å². The van der Waals surface area contributed by atoms with Gasteiger partial charge in [-0.3, -0.25) is 0 Å². The lowest BCUT2D eigenvalue weighted by Crippen LogP contribution is -2.18. The first-order valence-corrected chi connectivity index (χ1v) is 33.8. The molecule has 93 heavy (non-hydrogen) atoms. The molecule has 0 amide bonds. The van der Waals surface area contributed by atoms with E-state index < -0.39 is 0 Å². The van der Waals surface area contributed by atoms with Gasteiger partial charge in [0.25, 0.3) is 0 Å². The van der Waals surface area contributed by atoms with Crippen LogP contribution < -0.4 is 9.80 Å². The van der Waals surface area contributed by atoms with Crippen molar-refractivity contribution in [1.82, 2.24) is 0 Å². The van der Waals surface area contributed by atoms with Crippen molar-refractivity contribution in [2.75, 3.05) is 9.80 Å². The van der Waals surface area contributed by atoms with Crippen LogP contribution in [-0.2, 0) is 32.5 Å². The number of fused-ring (bicyclic) bond motifs is 6. The van der Waals surface area contributed by atoms with Crippen molar-refractivity contribution in [2.24, 2.45) is 0 Å². The molecule has 12 aromatic carbocycles. The zero-order chi connectivity index (χ0) is 66.3. The number of nitrogens with zero attached hydrogens (tertiary/aromatic N) is 2. The van der Waals surface area contributed by atoms with Crippen LogP contribution in [0.2, 0.25) is 5.02 Å². The van der Waals surface area contributed by atoms with E-state index >= 15 is 0 Å². The normalized spacial score (nSPS) is 12.7. The Kier molecular flexibility index (Phi) is 16.6. The Balaban J connectivity index is 1.16. The van der Waals surface area contributed by atoms with Crippen LogP contribution in [0, 0.1) is 0 Å². The van der Waals surface area contributed by atoms with Gasteiger partial charge in [-0.25, -0.2) is 0 Å². The molecule has 0 bridgehead atoms. The largest absolute Gasteiger partial charge is 0.308 e. The van der Waals surface area contributed by atoms with Crippen LogP contribution in [0.1, 0.15) is 158 Å². The summed E-state index contributed by atoms with van der Waals surface area (Å²) in [6.07, 6.45) is 0. The smallest absolute Gasteiger partial charge is 0.0887 e. The molecule has 0 fully saturated rings. The molecule has 0 saturated carbocycles. The van der Waals surface area contributed by atoms with E-state index in [1.807, 2.05) is 0 Å². The molecule has 0 aliphatic carbocycles. The van der Waals surface area contributed by atoms with Crippen LogP contribution in [0.3, 0.4) is 0 Å². The molecule has 0 radical (unpaired) electrons. The fourth-order valence-corrected chi connectivity index (χ4v) is 13.6. The van der Waals surface area contributed by atoms with E-state index in [4.69, 9.17) is 11.6 Å². The maximum atomic E-state index is 8.64. The second-order valence-electron chi connectivity index (χ2n) is 32.1. The van der Waals surface area contributed by atoms with Crippen molar-refractivity contribution >= 4 is 78.0 Å². The van der Waals surface area contributed by atoms with Crippen molar-refractivity contribution in [2.45, 2.75) is 157 Å². The fraction of sp³-hybridized carbons (Fsp3) is 0.267. The van der Waals surface area contributed by atoms with Crippen molar-refractivity contribution < 1.29 is 0 Å². The van der Waals surface area contributed by atoms with Crippen LogP contribution >= 0.6 is 11.6 Å². The molecule has 0 saturated heterocycles. The molecule has 0 aliphatic heterocycles. The molecule has 12 rings (SSSR count). The summed E-state index contributed by atoms with van der Waals surface area (Å²) in [7, 11) is 0. The van der Waals surface area contributed by atoms with E-state index in [9.17, 15) is 0 Å². The highest BCUT2D eigenvalue weighted by Gasteiger charge is 2.32. The summed E-state index contributed by atoms with van der Waals surface area (Å²) in [6, 6.07) is 89.6. The molecule has 0 N–H and O–H groups in total. The number of hydrogen-bond acceptors (Lipinski definition) is 2. The highest BCUT2D eigenvalue weighted by Crippen LogP contribution is 2.55. The maximum Gasteiger partial charge on any atom is 0.0887 e. The first-order chi connectivity index (χ1) is 43.8. The van der Waals surface area contributed by atoms with Crippen molar-refractivity contribution in [3.63, 3.8) is 0 Å². The Bertz CT molecular complexity index is 4620. The summed E-state index contributed by atoms with van der Waals surface area (Å²) in [5.74, 6) is 0. The number of rotatable bonds is 10. The Labute approximate surface area is 561 Å². The van der Waals surface area contributed by atoms with E-state index in [0.717, 1.165) is 73.1 Å². The van der Waals surface area contributed by atoms with Gasteiger partial charge in [-0.2, -0.15) is 0 Å². The molecular formula is C90H93ClN2. The maximum absolute atomic E-state index is 8.64. The quantitative estimate of drug-likeness (QED) is 0.126. The Hall–Kier alpha value is -8.69. The third-order valence-corrected chi connectivity index (χ3v) is 19.5. The number of benzene rings is 12. The highest BCUT2D eigenvalue weighted by molar-refractivity contribution is 6.37. The van der Waals surface area contributed by atoms with Gasteiger partial charge in [0.1, 0.15) is 0 Å². The standard InChI is InChI=1S/C90H93ClN2/c1-85(2,3)63-39-30-58(31-40-63)59-36-48-69(49-37-59)92(80-53-47-67(89(13,14)15)55-76(80)62-38-52-75-73-26-20-19-24-71(73)72-25-21-22-27-74(72)79(75)54-62)81-28-23-29-82(83(81)91)93(70-50-45-66(46-51-70)88(10,11)12)84-77(60-32-41-64(42-33-60)86(4,5)6)56-68(90(16,17)18)57-78(84)61-34-43-65(44-35-61)87(7,8)9/h19-57H,1-18H3. The first kappa shape index (κ1) is 64.4. The number of halogens is 1. The topological polar surface area (TPSA) is 6.48 Å². The molecule has 3 heteroatoms. The van der Waals surface area contributed by atoms with E-state index in [2.05, 4.69) is 371 Å². The van der Waals surface area contributed by atoms with E-state index in [0.29, 0.717) is 5.02 Å². The van der Waals surface area contributed by atoms with Crippen LogP contribution in [0.25, 0.3) is 76.8 Å². The van der Waals surface area contributed by atoms with Crippen LogP contribution in [-0.4, -0.2) is 0 Å². The van der Waals surface area contributed by atoms with Crippen molar-refractivity contribution in [3.8, 4) is 44.5 Å². The molecule has 0 atom stereocenters. The molecule has 12 aromatic rings. The lowest BCUT2D eigenvalue weighted by molar-refractivity contribution is 0.590. The van der Waals surface area contributed by atoms with Crippen molar-refractivity contribution in [3.05, 3.63) is 275 Å². The highest BCUT2D eigenvalue weighted by atomic mass is 35.5. The van der Waals surface area contributed by atoms with Gasteiger partial charge in [0.05, 0.1) is 27.8 Å². The Morgan fingerprint density at radius 3 is 0.957 bits per heavy atom. The van der Waals surface area contributed by atoms with Crippen LogP contribution in [0.4, 0.5) is 34.1 Å². The lowest BCUT2D eigenvalue weighted by Gasteiger charge is -2.35. The zero-order valence-electron chi connectivity index (χ0n) is 58.3. The van der Waals surface area contributed by atoms with Gasteiger partial charge in [-0.15, -0.1) is 0 Å². The monoisotopic (exact) mass is 1240 g/mol. The van der Waals surface area contributed by atoms with Gasteiger partial charge in [-0.1, -0.05) is 306 Å². The van der Waals surface area contributed by atoms with Gasteiger partial charge >= 0.3 is 0 Å². The molecule has 0 aromatic heterocycles. The van der Waals surface area contributed by atoms with Gasteiger partial charge in [-0.05, 0) is 193 Å². The molecular weight excluding hydrogens is 1140 g/mol. The summed E-state index contributed by atoms with van der Waals surface area (Å²) in [5, 5.41) is 8.07. The van der Waals surface area contributed by atoms with Crippen LogP contribution in [0.5, 0.6) is 0 Å². The minimum absolute atomic E-state index is 0.0300. The summed E-state index contributed by atoms with van der Waals surface area (Å²) in [4.78, 5) is 4.89. The van der Waals surface area contributed by atoms with E-state index in [-0.39, 0.29) is 32.5 Å².